The molecule has 0 atom stereocenters. The number of carbonyl (C=O) groups is 3. The van der Waals surface area contributed by atoms with Gasteiger partial charge in [0, 0.05) is 20.1 Å². The highest BCUT2D eigenvalue weighted by Gasteiger charge is 2.17. The molecule has 0 saturated carbocycles. The second kappa shape index (κ2) is 13.9. The Hall–Kier alpha value is -3.35. The van der Waals surface area contributed by atoms with Crippen molar-refractivity contribution in [3.8, 4) is 0 Å². The van der Waals surface area contributed by atoms with Crippen LogP contribution in [0.15, 0.2) is 36.4 Å². The highest BCUT2D eigenvalue weighted by atomic mass is 16.4. The third-order valence-electron chi connectivity index (χ3n) is 5.03. The van der Waals surface area contributed by atoms with E-state index in [1.165, 1.54) is 29.8 Å². The van der Waals surface area contributed by atoms with Crippen molar-refractivity contribution in [3.05, 3.63) is 64.2 Å². The zero-order valence-corrected chi connectivity index (χ0v) is 19.6. The highest BCUT2D eigenvalue weighted by molar-refractivity contribution is 6.05. The fourth-order valence-electron chi connectivity index (χ4n) is 3.29. The lowest BCUT2D eigenvalue weighted by atomic mass is 9.94. The minimum Gasteiger partial charge on any atom is -0.478 e. The summed E-state index contributed by atoms with van der Waals surface area (Å²) in [7, 11) is 1.52. The van der Waals surface area contributed by atoms with Crippen LogP contribution < -0.4 is 16.0 Å². The van der Waals surface area contributed by atoms with Crippen molar-refractivity contribution >= 4 is 24.0 Å². The van der Waals surface area contributed by atoms with E-state index in [-0.39, 0.29) is 11.5 Å². The van der Waals surface area contributed by atoms with Crippen LogP contribution in [0.25, 0.3) is 0 Å². The van der Waals surface area contributed by atoms with Gasteiger partial charge in [-0.25, -0.2) is 4.79 Å². The van der Waals surface area contributed by atoms with Gasteiger partial charge in [-0.3, -0.25) is 9.59 Å². The molecule has 0 aromatic heterocycles. The molecule has 2 aromatic rings. The van der Waals surface area contributed by atoms with E-state index in [0.717, 1.165) is 19.3 Å². The van der Waals surface area contributed by atoms with E-state index >= 15 is 0 Å². The number of carboxylic acid groups (broad SMARTS) is 1. The smallest absolute Gasteiger partial charge is 0.337 e. The number of carbonyl (C=O) groups excluding carboxylic acids is 2. The van der Waals surface area contributed by atoms with Crippen molar-refractivity contribution < 1.29 is 19.5 Å². The molecule has 0 bridgehead atoms. The number of anilines is 1. The molecule has 174 valence electrons. The highest BCUT2D eigenvalue weighted by Crippen LogP contribution is 2.22. The summed E-state index contributed by atoms with van der Waals surface area (Å²) in [6.45, 7) is 9.73. The Bertz CT molecular complexity index is 910. The number of nitrogens with one attached hydrogen (secondary N) is 3. The summed E-state index contributed by atoms with van der Waals surface area (Å²) in [4.78, 5) is 33.1. The Morgan fingerprint density at radius 1 is 1.09 bits per heavy atom. The van der Waals surface area contributed by atoms with Crippen molar-refractivity contribution in [2.45, 2.75) is 53.0 Å². The molecule has 4 N–H and O–H groups in total. The maximum absolute atomic E-state index is 11.7. The Kier molecular flexibility index (Phi) is 11.6. The molecule has 32 heavy (non-hydrogen) atoms. The van der Waals surface area contributed by atoms with Gasteiger partial charge in [0.15, 0.2) is 0 Å². The number of unbranched alkanes of at least 4 members (excludes halogenated alkanes) is 1. The average molecular weight is 442 g/mol. The molecule has 0 spiro atoms. The third kappa shape index (κ3) is 7.72. The van der Waals surface area contributed by atoms with E-state index in [2.05, 4.69) is 54.9 Å². The molecule has 2 amide bonds. The monoisotopic (exact) mass is 441 g/mol. The van der Waals surface area contributed by atoms with Crippen LogP contribution in [-0.2, 0) is 11.3 Å². The molecule has 7 heteroatoms. The molecular formula is C25H35N3O4. The van der Waals surface area contributed by atoms with E-state index in [4.69, 9.17) is 5.11 Å². The van der Waals surface area contributed by atoms with Gasteiger partial charge >= 0.3 is 5.97 Å². The predicted molar refractivity (Wildman–Crippen MR) is 128 cm³/mol. The van der Waals surface area contributed by atoms with Crippen molar-refractivity contribution in [1.29, 1.82) is 0 Å². The Balaban J connectivity index is 0.000000330. The number of carboxylic acids is 1. The minimum absolute atomic E-state index is 0.118. The molecule has 2 aromatic carbocycles. The van der Waals surface area contributed by atoms with E-state index in [1.54, 1.807) is 12.1 Å². The first kappa shape index (κ1) is 26.7. The number of benzene rings is 2. The fourth-order valence-corrected chi connectivity index (χ4v) is 3.29. The van der Waals surface area contributed by atoms with Gasteiger partial charge in [0.2, 0.25) is 6.41 Å². The Labute approximate surface area is 190 Å². The molecule has 0 aliphatic rings. The number of para-hydroxylation sites is 1. The van der Waals surface area contributed by atoms with E-state index < -0.39 is 5.97 Å². The van der Waals surface area contributed by atoms with Crippen LogP contribution in [0.3, 0.4) is 0 Å². The Morgan fingerprint density at radius 3 is 2.31 bits per heavy atom. The Morgan fingerprint density at radius 2 is 1.75 bits per heavy atom. The second-order valence-corrected chi connectivity index (χ2v) is 7.69. The van der Waals surface area contributed by atoms with Crippen LogP contribution >= 0.6 is 0 Å². The van der Waals surface area contributed by atoms with Gasteiger partial charge in [0.1, 0.15) is 0 Å². The van der Waals surface area contributed by atoms with Gasteiger partial charge in [-0.15, -0.1) is 0 Å². The van der Waals surface area contributed by atoms with Crippen LogP contribution in [0.1, 0.15) is 76.9 Å². The molecule has 7 nitrogen and oxygen atoms in total. The maximum Gasteiger partial charge on any atom is 0.337 e. The third-order valence-corrected chi connectivity index (χ3v) is 5.03. The summed E-state index contributed by atoms with van der Waals surface area (Å²) in [6, 6.07) is 10.9. The lowest BCUT2D eigenvalue weighted by Crippen LogP contribution is -2.21. The molecule has 0 fully saturated rings. The SMILES string of the molecule is CCCCNc1c(C(=O)O)cccc1C(=O)NC.Cc1cccc(C(C)C)c1CNC=O. The molecular weight excluding hydrogens is 406 g/mol. The fraction of sp³-hybridized carbons (Fsp3) is 0.400. The van der Waals surface area contributed by atoms with Crippen molar-refractivity contribution in [2.75, 3.05) is 18.9 Å². The molecule has 0 unspecified atom stereocenters. The van der Waals surface area contributed by atoms with Crippen molar-refractivity contribution in [1.82, 2.24) is 10.6 Å². The predicted octanol–water partition coefficient (Wildman–Crippen LogP) is 4.32. The summed E-state index contributed by atoms with van der Waals surface area (Å²) in [5.41, 5.74) is 4.66. The first-order valence-electron chi connectivity index (χ1n) is 10.9. The zero-order chi connectivity index (χ0) is 24.1. The number of hydrogen-bond donors (Lipinski definition) is 4. The van der Waals surface area contributed by atoms with Crippen molar-refractivity contribution in [2.24, 2.45) is 0 Å². The van der Waals surface area contributed by atoms with Gasteiger partial charge in [0.25, 0.3) is 5.91 Å². The van der Waals surface area contributed by atoms with Gasteiger partial charge in [0.05, 0.1) is 16.8 Å². The number of aromatic carboxylic acids is 1. The van der Waals surface area contributed by atoms with Gasteiger partial charge in [-0.05, 0) is 48.1 Å². The summed E-state index contributed by atoms with van der Waals surface area (Å²) in [5, 5.41) is 17.4. The first-order valence-corrected chi connectivity index (χ1v) is 10.9. The summed E-state index contributed by atoms with van der Waals surface area (Å²) in [6.07, 6.45) is 2.66. The van der Waals surface area contributed by atoms with Crippen LogP contribution in [0.5, 0.6) is 0 Å². The lowest BCUT2D eigenvalue weighted by molar-refractivity contribution is -0.109. The van der Waals surface area contributed by atoms with Crippen molar-refractivity contribution in [3.63, 3.8) is 0 Å². The summed E-state index contributed by atoms with van der Waals surface area (Å²) < 4.78 is 0. The molecule has 0 heterocycles. The molecule has 0 aliphatic carbocycles. The summed E-state index contributed by atoms with van der Waals surface area (Å²) in [5.74, 6) is -0.838. The first-order chi connectivity index (χ1) is 15.3. The number of aryl methyl sites for hydroxylation is 1. The molecule has 2 rings (SSSR count). The van der Waals surface area contributed by atoms with E-state index in [1.807, 2.05) is 6.92 Å². The van der Waals surface area contributed by atoms with Gasteiger partial charge in [-0.1, -0.05) is 51.5 Å². The molecule has 0 saturated heterocycles. The maximum atomic E-state index is 11.7. The standard InChI is InChI=1S/C13H18N2O3.C12H17NO/c1-3-4-8-15-11-9(12(16)14-2)6-5-7-10(11)13(17)18;1-9(2)11-6-4-5-10(3)12(11)7-13-8-14/h5-7,15H,3-4,8H2,1-2H3,(H,14,16)(H,17,18);4-6,8-9H,7H2,1-3H3,(H,13,14). The minimum atomic E-state index is -1.04. The van der Waals surface area contributed by atoms with Gasteiger partial charge < -0.3 is 21.1 Å². The number of hydrogen-bond acceptors (Lipinski definition) is 4. The van der Waals surface area contributed by atoms with E-state index in [0.29, 0.717) is 30.3 Å². The molecule has 0 radical (unpaired) electrons. The topological polar surface area (TPSA) is 108 Å². The quantitative estimate of drug-likeness (QED) is 0.324. The van der Waals surface area contributed by atoms with Crippen LogP contribution in [0, 0.1) is 6.92 Å². The molecule has 0 aliphatic heterocycles. The average Bonchev–Trinajstić information content (AvgIpc) is 2.78. The second-order valence-electron chi connectivity index (χ2n) is 7.69. The van der Waals surface area contributed by atoms with Crippen LogP contribution in [0.2, 0.25) is 0 Å². The normalized spacial score (nSPS) is 10.1. The number of rotatable bonds is 10. The van der Waals surface area contributed by atoms with Gasteiger partial charge in [-0.2, -0.15) is 0 Å². The largest absolute Gasteiger partial charge is 0.478 e. The van der Waals surface area contributed by atoms with E-state index in [9.17, 15) is 14.4 Å². The zero-order valence-electron chi connectivity index (χ0n) is 19.6. The van der Waals surface area contributed by atoms with Crippen LogP contribution in [0.4, 0.5) is 5.69 Å². The van der Waals surface area contributed by atoms with Crippen LogP contribution in [-0.4, -0.2) is 37.0 Å². The summed E-state index contributed by atoms with van der Waals surface area (Å²) >= 11 is 0. The lowest BCUT2D eigenvalue weighted by Gasteiger charge is -2.14. The number of amides is 2.